The van der Waals surface area contributed by atoms with Gasteiger partial charge in [-0.1, -0.05) is 12.1 Å². The summed E-state index contributed by atoms with van der Waals surface area (Å²) >= 11 is 0. The van der Waals surface area contributed by atoms with Crippen LogP contribution < -0.4 is 11.1 Å². The van der Waals surface area contributed by atoms with Crippen LogP contribution in [0.4, 0.5) is 5.69 Å². The van der Waals surface area contributed by atoms with E-state index in [2.05, 4.69) is 33.4 Å². The lowest BCUT2D eigenvalue weighted by atomic mass is 9.98. The number of oxazole rings is 1. The van der Waals surface area contributed by atoms with Gasteiger partial charge in [0.15, 0.2) is 5.58 Å². The number of hydrogen-bond donors (Lipinski definition) is 1. The Labute approximate surface area is 197 Å². The monoisotopic (exact) mass is 460 g/mol. The highest BCUT2D eigenvalue weighted by molar-refractivity contribution is 5.94. The van der Waals surface area contributed by atoms with Gasteiger partial charge in [0.2, 0.25) is 5.91 Å². The number of ether oxygens (including phenoxy) is 1. The molecule has 1 saturated heterocycles. The highest BCUT2D eigenvalue weighted by atomic mass is 16.5. The van der Waals surface area contributed by atoms with Gasteiger partial charge < -0.3 is 14.5 Å². The fourth-order valence-electron chi connectivity index (χ4n) is 4.66. The van der Waals surface area contributed by atoms with E-state index >= 15 is 0 Å². The molecule has 1 fully saturated rings. The molecule has 4 aromatic rings. The quantitative estimate of drug-likeness (QED) is 0.475. The van der Waals surface area contributed by atoms with E-state index in [1.54, 1.807) is 29.0 Å². The molecule has 2 aromatic heterocycles. The molecule has 5 rings (SSSR count). The molecule has 1 aliphatic rings. The van der Waals surface area contributed by atoms with Crippen LogP contribution in [-0.4, -0.2) is 53.2 Å². The minimum Gasteiger partial charge on any atom is -0.408 e. The third-order valence-corrected chi connectivity index (χ3v) is 6.29. The van der Waals surface area contributed by atoms with Gasteiger partial charge in [-0.15, -0.1) is 0 Å². The summed E-state index contributed by atoms with van der Waals surface area (Å²) in [6.45, 7) is 5.47. The predicted molar refractivity (Wildman–Crippen MR) is 131 cm³/mol. The zero-order valence-electron chi connectivity index (χ0n) is 19.2. The van der Waals surface area contributed by atoms with Gasteiger partial charge in [-0.05, 0) is 54.5 Å². The molecular formula is C26H28N4O4. The fourth-order valence-corrected chi connectivity index (χ4v) is 4.66. The van der Waals surface area contributed by atoms with Gasteiger partial charge in [0.25, 0.3) is 0 Å². The number of pyridine rings is 1. The smallest absolute Gasteiger partial charge is 0.408 e. The average Bonchev–Trinajstić information content (AvgIpc) is 2.98. The van der Waals surface area contributed by atoms with Gasteiger partial charge in [-0.3, -0.25) is 19.2 Å². The number of aryl methyl sites for hydroxylation is 1. The fraction of sp³-hybridized carbons (Fsp3) is 0.346. The van der Waals surface area contributed by atoms with Crippen molar-refractivity contribution in [3.05, 3.63) is 71.0 Å². The summed E-state index contributed by atoms with van der Waals surface area (Å²) < 4.78 is 12.7. The number of amides is 1. The van der Waals surface area contributed by atoms with Gasteiger partial charge in [0, 0.05) is 49.2 Å². The van der Waals surface area contributed by atoms with Crippen LogP contribution in [0.5, 0.6) is 0 Å². The number of fused-ring (bicyclic) bond motifs is 2. The zero-order chi connectivity index (χ0) is 23.5. The van der Waals surface area contributed by atoms with Crippen molar-refractivity contribution in [2.24, 2.45) is 5.92 Å². The van der Waals surface area contributed by atoms with Crippen LogP contribution >= 0.6 is 0 Å². The van der Waals surface area contributed by atoms with E-state index in [1.807, 2.05) is 19.2 Å². The second-order valence-corrected chi connectivity index (χ2v) is 8.78. The number of benzene rings is 2. The molecule has 176 valence electrons. The third kappa shape index (κ3) is 4.88. The van der Waals surface area contributed by atoms with Crippen molar-refractivity contribution in [2.45, 2.75) is 19.9 Å². The maximum absolute atomic E-state index is 12.8. The van der Waals surface area contributed by atoms with E-state index in [4.69, 9.17) is 9.15 Å². The van der Waals surface area contributed by atoms with Crippen LogP contribution in [-0.2, 0) is 22.5 Å². The number of rotatable bonds is 6. The molecule has 8 heteroatoms. The highest BCUT2D eigenvalue weighted by Gasteiger charge is 2.21. The maximum atomic E-state index is 12.8. The van der Waals surface area contributed by atoms with Gasteiger partial charge in [-0.25, -0.2) is 4.79 Å². The van der Waals surface area contributed by atoms with Crippen molar-refractivity contribution >= 4 is 33.5 Å². The SMILES string of the molecule is CCn1c(=O)oc2cc(NC(=O)CN3CCOC[C@H](Cc4ccc5ccncc5c4)C3)ccc21. The number of hydrogen-bond acceptors (Lipinski definition) is 6. The largest absolute Gasteiger partial charge is 0.419 e. The topological polar surface area (TPSA) is 89.6 Å². The molecule has 0 radical (unpaired) electrons. The highest BCUT2D eigenvalue weighted by Crippen LogP contribution is 2.20. The molecule has 0 unspecified atom stereocenters. The van der Waals surface area contributed by atoms with Crippen LogP contribution in [0.15, 0.2) is 64.1 Å². The Hall–Kier alpha value is -3.49. The minimum absolute atomic E-state index is 0.103. The molecule has 1 atom stereocenters. The van der Waals surface area contributed by atoms with Gasteiger partial charge in [-0.2, -0.15) is 0 Å². The second kappa shape index (κ2) is 9.79. The van der Waals surface area contributed by atoms with E-state index in [1.165, 1.54) is 10.9 Å². The summed E-state index contributed by atoms with van der Waals surface area (Å²) in [6, 6.07) is 13.8. The molecule has 34 heavy (non-hydrogen) atoms. The molecule has 8 nitrogen and oxygen atoms in total. The average molecular weight is 461 g/mol. The Morgan fingerprint density at radius 1 is 1.18 bits per heavy atom. The van der Waals surface area contributed by atoms with Crippen LogP contribution in [0.25, 0.3) is 21.9 Å². The first-order valence-electron chi connectivity index (χ1n) is 11.6. The molecule has 1 N–H and O–H groups in total. The van der Waals surface area contributed by atoms with Crippen molar-refractivity contribution in [3.8, 4) is 0 Å². The Morgan fingerprint density at radius 2 is 2.09 bits per heavy atom. The zero-order valence-corrected chi connectivity index (χ0v) is 19.2. The molecule has 3 heterocycles. The lowest BCUT2D eigenvalue weighted by molar-refractivity contribution is -0.117. The molecule has 0 bridgehead atoms. The van der Waals surface area contributed by atoms with Crippen LogP contribution in [0.2, 0.25) is 0 Å². The minimum atomic E-state index is -0.390. The number of aromatic nitrogens is 2. The summed E-state index contributed by atoms with van der Waals surface area (Å²) in [5, 5.41) is 5.24. The van der Waals surface area contributed by atoms with Crippen LogP contribution in [0, 0.1) is 5.92 Å². The normalized spacial score (nSPS) is 17.1. The number of anilines is 1. The Balaban J connectivity index is 1.22. The Bertz CT molecular complexity index is 1380. The summed E-state index contributed by atoms with van der Waals surface area (Å²) in [4.78, 5) is 31.0. The lowest BCUT2D eigenvalue weighted by Crippen LogP contribution is -2.37. The standard InChI is InChI=1S/C26H28N4O4/c1-2-30-23-6-5-22(13-24(23)34-26(30)32)28-25(31)16-29-9-10-33-17-19(15-29)11-18-3-4-20-7-8-27-14-21(20)12-18/h3-8,12-14,19H,2,9-11,15-17H2,1H3,(H,28,31)/t19-/m1/s1. The summed E-state index contributed by atoms with van der Waals surface area (Å²) in [5.74, 6) is -0.197. The number of nitrogens with one attached hydrogen (secondary N) is 1. The van der Waals surface area contributed by atoms with Gasteiger partial charge in [0.05, 0.1) is 25.3 Å². The van der Waals surface area contributed by atoms with E-state index in [9.17, 15) is 9.59 Å². The first-order chi connectivity index (χ1) is 16.6. The molecule has 1 amide bonds. The van der Waals surface area contributed by atoms with E-state index in [0.29, 0.717) is 43.5 Å². The number of carbonyl (C=O) groups excluding carboxylic acids is 1. The summed E-state index contributed by atoms with van der Waals surface area (Å²) in [6.07, 6.45) is 4.57. The van der Waals surface area contributed by atoms with Crippen molar-refractivity contribution in [2.75, 3.05) is 38.2 Å². The maximum Gasteiger partial charge on any atom is 0.419 e. The first kappa shape index (κ1) is 22.3. The van der Waals surface area contributed by atoms with Crippen LogP contribution in [0.3, 0.4) is 0 Å². The van der Waals surface area contributed by atoms with Gasteiger partial charge >= 0.3 is 5.76 Å². The summed E-state index contributed by atoms with van der Waals surface area (Å²) in [5.41, 5.74) is 3.05. The van der Waals surface area contributed by atoms with Gasteiger partial charge in [0.1, 0.15) is 0 Å². The van der Waals surface area contributed by atoms with Crippen molar-refractivity contribution < 1.29 is 13.9 Å². The second-order valence-electron chi connectivity index (χ2n) is 8.78. The molecule has 1 aliphatic heterocycles. The molecule has 0 saturated carbocycles. The lowest BCUT2D eigenvalue weighted by Gasteiger charge is -2.23. The molecule has 0 aliphatic carbocycles. The van der Waals surface area contributed by atoms with E-state index in [0.717, 1.165) is 23.9 Å². The Morgan fingerprint density at radius 3 is 2.97 bits per heavy atom. The van der Waals surface area contributed by atoms with E-state index < -0.39 is 0 Å². The predicted octanol–water partition coefficient (Wildman–Crippen LogP) is 3.29. The van der Waals surface area contributed by atoms with Crippen molar-refractivity contribution in [1.82, 2.24) is 14.5 Å². The first-order valence-corrected chi connectivity index (χ1v) is 11.6. The number of nitrogens with zero attached hydrogens (tertiary/aromatic N) is 3. The molecular weight excluding hydrogens is 432 g/mol. The summed E-state index contributed by atoms with van der Waals surface area (Å²) in [7, 11) is 0. The number of carbonyl (C=O) groups is 1. The third-order valence-electron chi connectivity index (χ3n) is 6.29. The van der Waals surface area contributed by atoms with Crippen molar-refractivity contribution in [1.29, 1.82) is 0 Å². The molecule has 2 aromatic carbocycles. The van der Waals surface area contributed by atoms with Crippen LogP contribution in [0.1, 0.15) is 12.5 Å². The van der Waals surface area contributed by atoms with E-state index in [-0.39, 0.29) is 18.2 Å². The molecule has 0 spiro atoms. The Kier molecular flexibility index (Phi) is 6.42. The van der Waals surface area contributed by atoms with Crippen molar-refractivity contribution in [3.63, 3.8) is 0 Å².